The molecule has 3 rings (SSSR count). The number of carbonyl (C=O) groups is 1. The van der Waals surface area contributed by atoms with E-state index in [1.54, 1.807) is 6.20 Å². The van der Waals surface area contributed by atoms with Gasteiger partial charge in [0, 0.05) is 5.02 Å². The average Bonchev–Trinajstić information content (AvgIpc) is 3.05. The van der Waals surface area contributed by atoms with Gasteiger partial charge in [-0.3, -0.25) is 4.79 Å². The van der Waals surface area contributed by atoms with Gasteiger partial charge in [-0.25, -0.2) is 4.68 Å². The zero-order chi connectivity index (χ0) is 17.2. The minimum absolute atomic E-state index is 0. The number of benzene rings is 1. The molecule has 2 N–H and O–H groups in total. The van der Waals surface area contributed by atoms with Crippen molar-refractivity contribution in [1.29, 1.82) is 0 Å². The van der Waals surface area contributed by atoms with E-state index in [-0.39, 0.29) is 18.3 Å². The highest BCUT2D eigenvalue weighted by molar-refractivity contribution is 6.30. The van der Waals surface area contributed by atoms with Crippen LogP contribution in [0.1, 0.15) is 48.8 Å². The Kier molecular flexibility index (Phi) is 6.43. The molecule has 0 spiro atoms. The van der Waals surface area contributed by atoms with Crippen LogP contribution in [0.2, 0.25) is 5.02 Å². The molecule has 1 aromatic carbocycles. The summed E-state index contributed by atoms with van der Waals surface area (Å²) in [5, 5.41) is 15.1. The van der Waals surface area contributed by atoms with Gasteiger partial charge in [-0.05, 0) is 57.5 Å². The Balaban J connectivity index is 0.00000225. The van der Waals surface area contributed by atoms with Crippen LogP contribution in [0.15, 0.2) is 30.5 Å². The summed E-state index contributed by atoms with van der Waals surface area (Å²) in [5.74, 6) is -0.236. The molecule has 8 heteroatoms. The molecule has 2 heterocycles. The second-order valence-electron chi connectivity index (χ2n) is 6.65. The van der Waals surface area contributed by atoms with Crippen LogP contribution in [0.4, 0.5) is 0 Å². The van der Waals surface area contributed by atoms with Gasteiger partial charge in [0.25, 0.3) is 5.91 Å². The number of hydrogen-bond donors (Lipinski definition) is 2. The van der Waals surface area contributed by atoms with Gasteiger partial charge < -0.3 is 10.6 Å². The first-order chi connectivity index (χ1) is 11.5. The third kappa shape index (κ3) is 4.71. The first kappa shape index (κ1) is 19.7. The highest BCUT2D eigenvalue weighted by atomic mass is 35.5. The minimum atomic E-state index is -0.555. The van der Waals surface area contributed by atoms with E-state index in [1.165, 1.54) is 0 Å². The molecule has 1 saturated heterocycles. The minimum Gasteiger partial charge on any atom is -0.342 e. The van der Waals surface area contributed by atoms with Gasteiger partial charge in [0.05, 0.1) is 17.8 Å². The van der Waals surface area contributed by atoms with Gasteiger partial charge in [-0.1, -0.05) is 28.9 Å². The van der Waals surface area contributed by atoms with Crippen molar-refractivity contribution in [2.24, 2.45) is 0 Å². The maximum Gasteiger partial charge on any atom is 0.274 e. The smallest absolute Gasteiger partial charge is 0.274 e. The van der Waals surface area contributed by atoms with Crippen LogP contribution in [0.5, 0.6) is 0 Å². The van der Waals surface area contributed by atoms with Crippen molar-refractivity contribution in [3.63, 3.8) is 0 Å². The predicted molar refractivity (Wildman–Crippen MR) is 100 cm³/mol. The molecule has 0 unspecified atom stereocenters. The van der Waals surface area contributed by atoms with E-state index in [1.807, 2.05) is 42.8 Å². The fourth-order valence-electron chi connectivity index (χ4n) is 2.93. The quantitative estimate of drug-likeness (QED) is 0.850. The van der Waals surface area contributed by atoms with Crippen molar-refractivity contribution >= 4 is 29.9 Å². The molecular weight excluding hydrogens is 361 g/mol. The van der Waals surface area contributed by atoms with Crippen molar-refractivity contribution in [3.8, 4) is 0 Å². The largest absolute Gasteiger partial charge is 0.342 e. The standard InChI is InChI=1S/C17H22ClN5O.ClH/c1-17(2,12-4-3-5-13(18)10-12)20-16(24)15-11-23(22-21-15)14-6-8-19-9-7-14;/h3-5,10-11,14,19H,6-9H2,1-2H3,(H,20,24);1H. The first-order valence-electron chi connectivity index (χ1n) is 8.17. The molecule has 6 nitrogen and oxygen atoms in total. The monoisotopic (exact) mass is 383 g/mol. The number of rotatable bonds is 4. The van der Waals surface area contributed by atoms with Crippen LogP contribution < -0.4 is 10.6 Å². The number of nitrogens with zero attached hydrogens (tertiary/aromatic N) is 3. The maximum atomic E-state index is 12.5. The summed E-state index contributed by atoms with van der Waals surface area (Å²) >= 11 is 6.05. The fourth-order valence-corrected chi connectivity index (χ4v) is 3.12. The maximum absolute atomic E-state index is 12.5. The van der Waals surface area contributed by atoms with Gasteiger partial charge in [-0.2, -0.15) is 0 Å². The SMILES string of the molecule is CC(C)(NC(=O)c1cn(C2CCNCC2)nn1)c1cccc(Cl)c1.Cl. The third-order valence-electron chi connectivity index (χ3n) is 4.40. The topological polar surface area (TPSA) is 71.8 Å². The number of amides is 1. The van der Waals surface area contributed by atoms with Crippen LogP contribution in [0.3, 0.4) is 0 Å². The molecule has 0 saturated carbocycles. The Hall–Kier alpha value is -1.63. The molecule has 1 aliphatic rings. The van der Waals surface area contributed by atoms with E-state index in [0.29, 0.717) is 16.8 Å². The molecule has 25 heavy (non-hydrogen) atoms. The lowest BCUT2D eigenvalue weighted by atomic mass is 9.94. The van der Waals surface area contributed by atoms with Crippen molar-refractivity contribution in [1.82, 2.24) is 25.6 Å². The number of aromatic nitrogens is 3. The van der Waals surface area contributed by atoms with Gasteiger partial charge in [0.2, 0.25) is 0 Å². The highest BCUT2D eigenvalue weighted by Crippen LogP contribution is 2.23. The Bertz CT molecular complexity index is 725. The second kappa shape index (κ2) is 8.17. The summed E-state index contributed by atoms with van der Waals surface area (Å²) in [7, 11) is 0. The van der Waals surface area contributed by atoms with E-state index in [2.05, 4.69) is 20.9 Å². The lowest BCUT2D eigenvalue weighted by Gasteiger charge is -2.26. The molecular formula is C17H23Cl2N5O. The lowest BCUT2D eigenvalue weighted by Crippen LogP contribution is -2.41. The van der Waals surface area contributed by atoms with Crippen LogP contribution >= 0.6 is 24.0 Å². The van der Waals surface area contributed by atoms with Crippen molar-refractivity contribution in [2.75, 3.05) is 13.1 Å². The van der Waals surface area contributed by atoms with Gasteiger partial charge in [-0.15, -0.1) is 17.5 Å². The summed E-state index contributed by atoms with van der Waals surface area (Å²) in [6.07, 6.45) is 3.73. The Morgan fingerprint density at radius 3 is 2.76 bits per heavy atom. The van der Waals surface area contributed by atoms with Gasteiger partial charge >= 0.3 is 0 Å². The summed E-state index contributed by atoms with van der Waals surface area (Å²) in [4.78, 5) is 12.5. The normalized spacial score (nSPS) is 15.5. The lowest BCUT2D eigenvalue weighted by molar-refractivity contribution is 0.0906. The average molecular weight is 384 g/mol. The van der Waals surface area contributed by atoms with Gasteiger partial charge in [0.1, 0.15) is 0 Å². The van der Waals surface area contributed by atoms with Crippen LogP contribution in [-0.2, 0) is 5.54 Å². The number of halogens is 2. The first-order valence-corrected chi connectivity index (χ1v) is 8.54. The van der Waals surface area contributed by atoms with E-state index >= 15 is 0 Å². The van der Waals surface area contributed by atoms with E-state index in [0.717, 1.165) is 31.5 Å². The second-order valence-corrected chi connectivity index (χ2v) is 7.09. The summed E-state index contributed by atoms with van der Waals surface area (Å²) in [6.45, 7) is 5.81. The third-order valence-corrected chi connectivity index (χ3v) is 4.63. The molecule has 2 aromatic rings. The van der Waals surface area contributed by atoms with E-state index < -0.39 is 5.54 Å². The number of piperidine rings is 1. The predicted octanol–water partition coefficient (Wildman–Crippen LogP) is 2.94. The molecule has 0 aliphatic carbocycles. The number of hydrogen-bond acceptors (Lipinski definition) is 4. The Morgan fingerprint density at radius 2 is 2.08 bits per heavy atom. The molecule has 0 radical (unpaired) electrons. The number of carbonyl (C=O) groups excluding carboxylic acids is 1. The molecule has 136 valence electrons. The van der Waals surface area contributed by atoms with Crippen molar-refractivity contribution in [3.05, 3.63) is 46.7 Å². The van der Waals surface area contributed by atoms with Crippen molar-refractivity contribution in [2.45, 2.75) is 38.3 Å². The van der Waals surface area contributed by atoms with Crippen molar-refractivity contribution < 1.29 is 4.79 Å². The summed E-state index contributed by atoms with van der Waals surface area (Å²) in [6, 6.07) is 7.79. The zero-order valence-electron chi connectivity index (χ0n) is 14.3. The summed E-state index contributed by atoms with van der Waals surface area (Å²) in [5.41, 5.74) is 0.721. The molecule has 1 aromatic heterocycles. The fraction of sp³-hybridized carbons (Fsp3) is 0.471. The van der Waals surface area contributed by atoms with Crippen LogP contribution in [0, 0.1) is 0 Å². The Labute approximate surface area is 158 Å². The Morgan fingerprint density at radius 1 is 1.36 bits per heavy atom. The van der Waals surface area contributed by atoms with Crippen LogP contribution in [0.25, 0.3) is 0 Å². The van der Waals surface area contributed by atoms with E-state index in [9.17, 15) is 4.79 Å². The highest BCUT2D eigenvalue weighted by Gasteiger charge is 2.26. The van der Waals surface area contributed by atoms with E-state index in [4.69, 9.17) is 11.6 Å². The molecule has 1 aliphatic heterocycles. The molecule has 0 atom stereocenters. The van der Waals surface area contributed by atoms with Crippen LogP contribution in [-0.4, -0.2) is 34.0 Å². The zero-order valence-corrected chi connectivity index (χ0v) is 15.9. The molecule has 1 fully saturated rings. The molecule has 1 amide bonds. The molecule has 0 bridgehead atoms. The number of nitrogens with one attached hydrogen (secondary N) is 2. The van der Waals surface area contributed by atoms with Gasteiger partial charge in [0.15, 0.2) is 5.69 Å². The summed E-state index contributed by atoms with van der Waals surface area (Å²) < 4.78 is 1.81.